The monoisotopic (exact) mass is 327 g/mol. The van der Waals surface area contributed by atoms with E-state index in [2.05, 4.69) is 25.8 Å². The summed E-state index contributed by atoms with van der Waals surface area (Å²) >= 11 is 0. The van der Waals surface area contributed by atoms with Crippen molar-refractivity contribution < 1.29 is 14.0 Å². The third-order valence-electron chi connectivity index (χ3n) is 3.21. The number of rotatable bonds is 9. The van der Waals surface area contributed by atoms with Crippen molar-refractivity contribution in [2.75, 3.05) is 26.8 Å². The van der Waals surface area contributed by atoms with Crippen molar-refractivity contribution in [3.8, 4) is 0 Å². The van der Waals surface area contributed by atoms with Gasteiger partial charge in [0.1, 0.15) is 12.6 Å². The van der Waals surface area contributed by atoms with Gasteiger partial charge >= 0.3 is 0 Å². The predicted molar refractivity (Wildman–Crippen MR) is 88.2 cm³/mol. The second-order valence-electron chi connectivity index (χ2n) is 5.66. The van der Waals surface area contributed by atoms with Gasteiger partial charge in [-0.15, -0.1) is 0 Å². The predicted octanol–water partition coefficient (Wildman–Crippen LogP) is 1.65. The first-order chi connectivity index (χ1) is 10.9. The number of nitrogens with one attached hydrogen (secondary N) is 2. The van der Waals surface area contributed by atoms with Crippen LogP contribution in [-0.4, -0.2) is 48.5 Å². The summed E-state index contributed by atoms with van der Waals surface area (Å²) < 4.78 is 16.0. The Morgan fingerprint density at radius 3 is 2.70 bits per heavy atom. The van der Waals surface area contributed by atoms with Crippen LogP contribution in [0, 0.1) is 0 Å². The zero-order valence-corrected chi connectivity index (χ0v) is 15.0. The minimum Gasteiger partial charge on any atom is -0.377 e. The highest BCUT2D eigenvalue weighted by atomic mass is 16.5. The van der Waals surface area contributed by atoms with E-state index in [0.29, 0.717) is 37.4 Å². The first-order valence-electron chi connectivity index (χ1n) is 7.93. The van der Waals surface area contributed by atoms with Crippen LogP contribution in [0.5, 0.6) is 0 Å². The molecule has 0 saturated carbocycles. The molecule has 1 atom stereocenters. The number of hydrogen-bond donors (Lipinski definition) is 2. The first-order valence-corrected chi connectivity index (χ1v) is 7.93. The second-order valence-corrected chi connectivity index (χ2v) is 5.66. The molecule has 0 bridgehead atoms. The van der Waals surface area contributed by atoms with Crippen LogP contribution >= 0.6 is 0 Å². The Kier molecular flexibility index (Phi) is 7.97. The number of aliphatic imine (C=N–C) groups is 1. The lowest BCUT2D eigenvalue weighted by molar-refractivity contribution is 0.0268. The van der Waals surface area contributed by atoms with E-state index in [1.165, 1.54) is 0 Å². The maximum Gasteiger partial charge on any atom is 0.248 e. The lowest BCUT2D eigenvalue weighted by Crippen LogP contribution is -2.45. The van der Waals surface area contributed by atoms with Gasteiger partial charge in [0.15, 0.2) is 11.8 Å². The molecule has 8 heteroatoms. The van der Waals surface area contributed by atoms with Crippen molar-refractivity contribution >= 4 is 5.96 Å². The molecule has 23 heavy (non-hydrogen) atoms. The molecule has 1 rings (SSSR count). The normalized spacial score (nSPS) is 13.9. The molecular weight excluding hydrogens is 298 g/mol. The Labute approximate surface area is 138 Å². The van der Waals surface area contributed by atoms with E-state index in [1.54, 1.807) is 7.11 Å². The average Bonchev–Trinajstić information content (AvgIpc) is 2.99. The molecule has 0 amide bonds. The minimum absolute atomic E-state index is 0.185. The zero-order valence-electron chi connectivity index (χ0n) is 15.0. The topological polar surface area (TPSA) is 93.8 Å². The molecule has 0 aliphatic heterocycles. The molecule has 1 heterocycles. The van der Waals surface area contributed by atoms with Crippen molar-refractivity contribution in [2.24, 2.45) is 4.99 Å². The molecule has 2 N–H and O–H groups in total. The second kappa shape index (κ2) is 9.46. The van der Waals surface area contributed by atoms with Gasteiger partial charge in [-0.1, -0.05) is 5.16 Å². The number of hydrogen-bond acceptors (Lipinski definition) is 6. The molecule has 0 aliphatic carbocycles. The quantitative estimate of drug-likeness (QED) is 0.526. The molecule has 0 radical (unpaired) electrons. The van der Waals surface area contributed by atoms with Crippen LogP contribution in [-0.2, 0) is 16.0 Å². The largest absolute Gasteiger partial charge is 0.377 e. The van der Waals surface area contributed by atoms with E-state index in [9.17, 15) is 0 Å². The highest BCUT2D eigenvalue weighted by Crippen LogP contribution is 2.13. The molecule has 1 aromatic heterocycles. The van der Waals surface area contributed by atoms with E-state index < -0.39 is 0 Å². The van der Waals surface area contributed by atoms with E-state index in [-0.39, 0.29) is 11.7 Å². The van der Waals surface area contributed by atoms with Gasteiger partial charge in [-0.2, -0.15) is 4.98 Å². The van der Waals surface area contributed by atoms with Gasteiger partial charge in [-0.05, 0) is 34.6 Å². The summed E-state index contributed by atoms with van der Waals surface area (Å²) in [5.74, 6) is 1.67. The number of nitrogens with zero attached hydrogens (tertiary/aromatic N) is 3. The van der Waals surface area contributed by atoms with Gasteiger partial charge in [0.2, 0.25) is 5.89 Å². The van der Waals surface area contributed by atoms with Crippen LogP contribution in [0.4, 0.5) is 0 Å². The molecule has 132 valence electrons. The van der Waals surface area contributed by atoms with E-state index >= 15 is 0 Å². The Balaban J connectivity index is 2.63. The average molecular weight is 327 g/mol. The molecule has 1 unspecified atom stereocenters. The summed E-state index contributed by atoms with van der Waals surface area (Å²) in [6, 6.07) is 0. The van der Waals surface area contributed by atoms with Crippen LogP contribution in [0.15, 0.2) is 9.52 Å². The SMILES string of the molecule is CCNC(=NCc1nc(C(C)OCC)no1)NCC(C)(C)OC. The molecule has 8 nitrogen and oxygen atoms in total. The maximum atomic E-state index is 5.43. The van der Waals surface area contributed by atoms with E-state index in [1.807, 2.05) is 34.6 Å². The van der Waals surface area contributed by atoms with Gasteiger partial charge < -0.3 is 24.6 Å². The Morgan fingerprint density at radius 1 is 1.35 bits per heavy atom. The Hall–Kier alpha value is -1.67. The van der Waals surface area contributed by atoms with Crippen LogP contribution in [0.1, 0.15) is 52.4 Å². The summed E-state index contributed by atoms with van der Waals surface area (Å²) in [7, 11) is 1.69. The summed E-state index contributed by atoms with van der Waals surface area (Å²) in [6.45, 7) is 12.1. The van der Waals surface area contributed by atoms with Crippen molar-refractivity contribution in [2.45, 2.75) is 52.9 Å². The molecule has 0 spiro atoms. The highest BCUT2D eigenvalue weighted by Gasteiger charge is 2.17. The Morgan fingerprint density at radius 2 is 2.09 bits per heavy atom. The molecular formula is C15H29N5O3. The van der Waals surface area contributed by atoms with Crippen LogP contribution in [0.3, 0.4) is 0 Å². The molecule has 0 aliphatic rings. The lowest BCUT2D eigenvalue weighted by Gasteiger charge is -2.24. The fourth-order valence-corrected chi connectivity index (χ4v) is 1.68. The fraction of sp³-hybridized carbons (Fsp3) is 0.800. The smallest absolute Gasteiger partial charge is 0.248 e. The lowest BCUT2D eigenvalue weighted by atomic mass is 10.1. The zero-order chi connectivity index (χ0) is 17.3. The summed E-state index contributed by atoms with van der Waals surface area (Å²) in [6.07, 6.45) is -0.185. The number of aromatic nitrogens is 2. The van der Waals surface area contributed by atoms with Crippen molar-refractivity contribution in [3.05, 3.63) is 11.7 Å². The number of guanidine groups is 1. The van der Waals surface area contributed by atoms with Crippen LogP contribution < -0.4 is 10.6 Å². The van der Waals surface area contributed by atoms with Crippen LogP contribution in [0.2, 0.25) is 0 Å². The standard InChI is InChI=1S/C15H29N5O3/c1-7-16-14(18-10-15(4,5)21-6)17-9-12-19-13(20-23-12)11(3)22-8-2/h11H,7-10H2,1-6H3,(H2,16,17,18). The summed E-state index contributed by atoms with van der Waals surface area (Å²) in [5, 5.41) is 10.3. The van der Waals surface area contributed by atoms with Gasteiger partial charge in [0.05, 0.1) is 5.60 Å². The number of methoxy groups -OCH3 is 1. The maximum absolute atomic E-state index is 5.43. The van der Waals surface area contributed by atoms with Gasteiger partial charge in [-0.3, -0.25) is 0 Å². The van der Waals surface area contributed by atoms with Crippen molar-refractivity contribution in [1.82, 2.24) is 20.8 Å². The minimum atomic E-state index is -0.277. The van der Waals surface area contributed by atoms with Crippen molar-refractivity contribution in [3.63, 3.8) is 0 Å². The third kappa shape index (κ3) is 6.96. The van der Waals surface area contributed by atoms with Crippen LogP contribution in [0.25, 0.3) is 0 Å². The molecule has 0 saturated heterocycles. The van der Waals surface area contributed by atoms with Gasteiger partial charge in [-0.25, -0.2) is 4.99 Å². The fourth-order valence-electron chi connectivity index (χ4n) is 1.68. The molecule has 0 fully saturated rings. The van der Waals surface area contributed by atoms with Crippen molar-refractivity contribution in [1.29, 1.82) is 0 Å². The molecule has 1 aromatic rings. The molecule has 0 aromatic carbocycles. The first kappa shape index (κ1) is 19.4. The highest BCUT2D eigenvalue weighted by molar-refractivity contribution is 5.79. The van der Waals surface area contributed by atoms with Gasteiger partial charge in [0.25, 0.3) is 0 Å². The third-order valence-corrected chi connectivity index (χ3v) is 3.21. The van der Waals surface area contributed by atoms with Gasteiger partial charge in [0, 0.05) is 26.8 Å². The number of ether oxygens (including phenoxy) is 2. The Bertz CT molecular complexity index is 487. The van der Waals surface area contributed by atoms with E-state index in [4.69, 9.17) is 14.0 Å². The summed E-state index contributed by atoms with van der Waals surface area (Å²) in [5.41, 5.74) is -0.277. The summed E-state index contributed by atoms with van der Waals surface area (Å²) in [4.78, 5) is 8.74. The van der Waals surface area contributed by atoms with E-state index in [0.717, 1.165) is 6.54 Å².